The van der Waals surface area contributed by atoms with E-state index in [0.717, 1.165) is 37.9 Å². The minimum atomic E-state index is 0.135. The minimum Gasteiger partial charge on any atom is -0.338 e. The molecular weight excluding hydrogens is 238 g/mol. The molecule has 0 aromatic heterocycles. The number of amides is 1. The zero-order valence-electron chi connectivity index (χ0n) is 11.0. The van der Waals surface area contributed by atoms with Crippen molar-refractivity contribution in [3.05, 3.63) is 35.9 Å². The molecule has 1 aromatic carbocycles. The van der Waals surface area contributed by atoms with E-state index in [4.69, 9.17) is 0 Å². The van der Waals surface area contributed by atoms with Gasteiger partial charge in [-0.15, -0.1) is 0 Å². The van der Waals surface area contributed by atoms with Gasteiger partial charge < -0.3 is 4.90 Å². The van der Waals surface area contributed by atoms with E-state index in [0.29, 0.717) is 24.0 Å². The molecular formula is C16H19NO2. The van der Waals surface area contributed by atoms with Gasteiger partial charge in [0.1, 0.15) is 5.78 Å². The quantitative estimate of drug-likeness (QED) is 0.775. The summed E-state index contributed by atoms with van der Waals surface area (Å²) in [6.07, 6.45) is 3.38. The Kier molecular flexibility index (Phi) is 3.36. The van der Waals surface area contributed by atoms with Crippen LogP contribution in [0.3, 0.4) is 0 Å². The predicted molar refractivity (Wildman–Crippen MR) is 72.8 cm³/mol. The molecule has 1 aliphatic heterocycles. The maximum Gasteiger partial charge on any atom is 0.253 e. The van der Waals surface area contributed by atoms with Crippen LogP contribution in [0, 0.1) is 11.8 Å². The highest BCUT2D eigenvalue weighted by Crippen LogP contribution is 2.35. The molecule has 2 atom stereocenters. The number of nitrogens with zero attached hydrogens (tertiary/aromatic N) is 1. The molecule has 100 valence electrons. The number of rotatable bonds is 1. The van der Waals surface area contributed by atoms with E-state index in [9.17, 15) is 9.59 Å². The van der Waals surface area contributed by atoms with E-state index in [1.54, 1.807) is 0 Å². The first-order valence-electron chi connectivity index (χ1n) is 7.10. The van der Waals surface area contributed by atoms with Gasteiger partial charge in [-0.3, -0.25) is 9.59 Å². The van der Waals surface area contributed by atoms with E-state index >= 15 is 0 Å². The number of Topliss-reactive ketones (excluding diaryl/α,β-unsaturated/α-hetero) is 1. The molecule has 1 heterocycles. The zero-order chi connectivity index (χ0) is 13.2. The Morgan fingerprint density at radius 2 is 1.89 bits per heavy atom. The Morgan fingerprint density at radius 1 is 1.11 bits per heavy atom. The highest BCUT2D eigenvalue weighted by Gasteiger charge is 2.35. The fraction of sp³-hybridized carbons (Fsp3) is 0.500. The summed E-state index contributed by atoms with van der Waals surface area (Å²) in [4.78, 5) is 25.8. The summed E-state index contributed by atoms with van der Waals surface area (Å²) >= 11 is 0. The van der Waals surface area contributed by atoms with Crippen LogP contribution in [0.5, 0.6) is 0 Å². The van der Waals surface area contributed by atoms with Crippen molar-refractivity contribution in [3.63, 3.8) is 0 Å². The molecule has 19 heavy (non-hydrogen) atoms. The summed E-state index contributed by atoms with van der Waals surface area (Å²) in [7, 11) is 0. The average Bonchev–Trinajstić information content (AvgIpc) is 2.47. The molecule has 1 saturated heterocycles. The van der Waals surface area contributed by atoms with E-state index in [-0.39, 0.29) is 5.91 Å². The second-order valence-corrected chi connectivity index (χ2v) is 5.71. The Morgan fingerprint density at radius 3 is 2.68 bits per heavy atom. The van der Waals surface area contributed by atoms with Gasteiger partial charge in [-0.1, -0.05) is 18.2 Å². The summed E-state index contributed by atoms with van der Waals surface area (Å²) in [5, 5.41) is 0. The predicted octanol–water partition coefficient (Wildman–Crippen LogP) is 2.52. The molecule has 0 radical (unpaired) electrons. The van der Waals surface area contributed by atoms with Crippen LogP contribution in [0.1, 0.15) is 36.0 Å². The van der Waals surface area contributed by atoms with Crippen molar-refractivity contribution in [3.8, 4) is 0 Å². The lowest BCUT2D eigenvalue weighted by molar-refractivity contribution is -0.123. The first-order chi connectivity index (χ1) is 9.24. The van der Waals surface area contributed by atoms with Crippen molar-refractivity contribution in [2.75, 3.05) is 13.1 Å². The van der Waals surface area contributed by atoms with Gasteiger partial charge in [0.25, 0.3) is 5.91 Å². The number of piperidine rings is 1. The van der Waals surface area contributed by atoms with Crippen molar-refractivity contribution in [2.45, 2.75) is 25.7 Å². The Bertz CT molecular complexity index is 483. The summed E-state index contributed by atoms with van der Waals surface area (Å²) in [5.41, 5.74) is 0.771. The van der Waals surface area contributed by atoms with Crippen LogP contribution in [-0.2, 0) is 4.79 Å². The molecule has 3 rings (SSSR count). The SMILES string of the molecule is O=C1CC[C@H]2CN(C(=O)c3ccccc3)CC[C@H]2C1. The average molecular weight is 257 g/mol. The lowest BCUT2D eigenvalue weighted by Gasteiger charge is -2.40. The van der Waals surface area contributed by atoms with Gasteiger partial charge in [-0.05, 0) is 36.8 Å². The maximum atomic E-state index is 12.4. The minimum absolute atomic E-state index is 0.135. The Balaban J connectivity index is 1.68. The molecule has 3 heteroatoms. The molecule has 0 unspecified atom stereocenters. The molecule has 1 aromatic rings. The number of benzene rings is 1. The topological polar surface area (TPSA) is 37.4 Å². The van der Waals surface area contributed by atoms with Crippen LogP contribution in [-0.4, -0.2) is 29.7 Å². The third-order valence-corrected chi connectivity index (χ3v) is 4.48. The van der Waals surface area contributed by atoms with Gasteiger partial charge in [-0.2, -0.15) is 0 Å². The number of hydrogen-bond acceptors (Lipinski definition) is 2. The van der Waals surface area contributed by atoms with Crippen molar-refractivity contribution in [2.24, 2.45) is 11.8 Å². The molecule has 2 fully saturated rings. The lowest BCUT2D eigenvalue weighted by Crippen LogP contribution is -2.45. The molecule has 3 nitrogen and oxygen atoms in total. The van der Waals surface area contributed by atoms with Crippen molar-refractivity contribution in [1.82, 2.24) is 4.90 Å². The summed E-state index contributed by atoms with van der Waals surface area (Å²) in [5.74, 6) is 1.58. The normalized spacial score (nSPS) is 26.9. The maximum absolute atomic E-state index is 12.4. The largest absolute Gasteiger partial charge is 0.338 e. The van der Waals surface area contributed by atoms with E-state index in [1.807, 2.05) is 35.2 Å². The molecule has 1 aliphatic carbocycles. The Labute approximate surface area is 113 Å². The first-order valence-corrected chi connectivity index (χ1v) is 7.10. The van der Waals surface area contributed by atoms with Crippen LogP contribution in [0.2, 0.25) is 0 Å². The molecule has 0 N–H and O–H groups in total. The first kappa shape index (κ1) is 12.4. The number of likely N-dealkylation sites (tertiary alicyclic amines) is 1. The van der Waals surface area contributed by atoms with Crippen LogP contribution in [0.4, 0.5) is 0 Å². The second-order valence-electron chi connectivity index (χ2n) is 5.71. The van der Waals surface area contributed by atoms with E-state index < -0.39 is 0 Å². The van der Waals surface area contributed by atoms with Crippen LogP contribution in [0.25, 0.3) is 0 Å². The second kappa shape index (κ2) is 5.16. The third kappa shape index (κ3) is 2.55. The van der Waals surface area contributed by atoms with Gasteiger partial charge in [0.05, 0.1) is 0 Å². The van der Waals surface area contributed by atoms with Gasteiger partial charge in [0.15, 0.2) is 0 Å². The van der Waals surface area contributed by atoms with Crippen molar-refractivity contribution >= 4 is 11.7 Å². The van der Waals surface area contributed by atoms with Gasteiger partial charge in [0.2, 0.25) is 0 Å². The lowest BCUT2D eigenvalue weighted by atomic mass is 9.74. The highest BCUT2D eigenvalue weighted by atomic mass is 16.2. The molecule has 2 aliphatic rings. The van der Waals surface area contributed by atoms with Gasteiger partial charge in [-0.25, -0.2) is 0 Å². The summed E-state index contributed by atoms with van der Waals surface area (Å²) < 4.78 is 0. The van der Waals surface area contributed by atoms with Crippen molar-refractivity contribution < 1.29 is 9.59 Å². The van der Waals surface area contributed by atoms with Gasteiger partial charge in [0, 0.05) is 31.5 Å². The smallest absolute Gasteiger partial charge is 0.253 e. The molecule has 0 spiro atoms. The standard InChI is InChI=1S/C16H19NO2/c18-15-7-6-14-11-17(9-8-13(14)10-15)16(19)12-4-2-1-3-5-12/h1-5,13-14H,6-11H2/t13-,14-/m0/s1. The number of carbonyl (C=O) groups is 2. The summed E-state index contributed by atoms with van der Waals surface area (Å²) in [6.45, 7) is 1.62. The van der Waals surface area contributed by atoms with Crippen LogP contribution < -0.4 is 0 Å². The fourth-order valence-corrected chi connectivity index (χ4v) is 3.37. The van der Waals surface area contributed by atoms with Crippen LogP contribution in [0.15, 0.2) is 30.3 Å². The fourth-order valence-electron chi connectivity index (χ4n) is 3.37. The van der Waals surface area contributed by atoms with E-state index in [2.05, 4.69) is 0 Å². The molecule has 1 amide bonds. The number of carbonyl (C=O) groups excluding carboxylic acids is 2. The Hall–Kier alpha value is -1.64. The van der Waals surface area contributed by atoms with Crippen LogP contribution >= 0.6 is 0 Å². The number of hydrogen-bond donors (Lipinski definition) is 0. The zero-order valence-corrected chi connectivity index (χ0v) is 11.0. The highest BCUT2D eigenvalue weighted by molar-refractivity contribution is 5.94. The van der Waals surface area contributed by atoms with E-state index in [1.165, 1.54) is 0 Å². The van der Waals surface area contributed by atoms with Gasteiger partial charge >= 0.3 is 0 Å². The third-order valence-electron chi connectivity index (χ3n) is 4.48. The van der Waals surface area contributed by atoms with Crippen molar-refractivity contribution in [1.29, 1.82) is 0 Å². The monoisotopic (exact) mass is 257 g/mol. The molecule has 0 bridgehead atoms. The number of fused-ring (bicyclic) bond motifs is 1. The summed E-state index contributed by atoms with van der Waals surface area (Å²) in [6, 6.07) is 9.48. The number of ketones is 1. The molecule has 1 saturated carbocycles.